The summed E-state index contributed by atoms with van der Waals surface area (Å²) in [6.07, 6.45) is -3.64. The first-order valence-corrected chi connectivity index (χ1v) is 5.90. The Hall–Kier alpha value is -2.37. The minimum absolute atomic E-state index is 0.0910. The lowest BCUT2D eigenvalue weighted by Gasteiger charge is -2.01. The lowest BCUT2D eigenvalue weighted by Crippen LogP contribution is -2.21. The summed E-state index contributed by atoms with van der Waals surface area (Å²) in [5.41, 5.74) is -2.13. The van der Waals surface area contributed by atoms with Gasteiger partial charge in [0.1, 0.15) is 6.54 Å². The first-order valence-electron chi connectivity index (χ1n) is 5.46. The molecule has 0 aliphatic carbocycles. The van der Waals surface area contributed by atoms with Crippen LogP contribution in [0.25, 0.3) is 0 Å². The minimum Gasteiger partial charge on any atom is -0.475 e. The SMILES string of the molecule is COC(=O)Cn1ccc(NC(=O)C(F)Cl)n1.O=C(O)C(F)(F)F. The number of alkyl halides is 5. The van der Waals surface area contributed by atoms with Crippen LogP contribution in [0.5, 0.6) is 0 Å². The molecule has 0 spiro atoms. The third kappa shape index (κ3) is 8.60. The number of methoxy groups -OCH3 is 1. The molecular weight excluding hydrogens is 354 g/mol. The van der Waals surface area contributed by atoms with Crippen molar-refractivity contribution in [3.05, 3.63) is 12.3 Å². The van der Waals surface area contributed by atoms with E-state index < -0.39 is 29.7 Å². The molecule has 8 nitrogen and oxygen atoms in total. The lowest BCUT2D eigenvalue weighted by atomic mass is 10.6. The number of carboxylic acid groups (broad SMARTS) is 1. The van der Waals surface area contributed by atoms with Gasteiger partial charge in [-0.3, -0.25) is 14.3 Å². The van der Waals surface area contributed by atoms with Crippen LogP contribution in [0, 0.1) is 0 Å². The molecule has 0 bridgehead atoms. The maximum absolute atomic E-state index is 12.3. The maximum atomic E-state index is 12.3. The standard InChI is InChI=1S/C8H9ClFN3O3.C2HF3O2/c1-16-6(14)4-13-3-2-5(12-13)11-8(15)7(9)10;3-2(4,5)1(6)7/h2-3,7H,4H2,1H3,(H,11,12,15);(H,6,7). The van der Waals surface area contributed by atoms with Crippen LogP contribution in [-0.4, -0.2) is 51.6 Å². The number of carbonyl (C=O) groups excluding carboxylic acids is 2. The molecule has 13 heteroatoms. The van der Waals surface area contributed by atoms with Gasteiger partial charge in [-0.2, -0.15) is 18.3 Å². The number of amides is 1. The predicted molar refractivity (Wildman–Crippen MR) is 67.3 cm³/mol. The molecule has 0 radical (unpaired) electrons. The first-order chi connectivity index (χ1) is 10.5. The van der Waals surface area contributed by atoms with E-state index in [1.165, 1.54) is 24.1 Å². The molecule has 1 heterocycles. The molecule has 0 aliphatic heterocycles. The molecule has 2 N–H and O–H groups in total. The van der Waals surface area contributed by atoms with Crippen molar-refractivity contribution in [2.75, 3.05) is 12.4 Å². The highest BCUT2D eigenvalue weighted by atomic mass is 35.5. The second kappa shape index (κ2) is 8.92. The van der Waals surface area contributed by atoms with E-state index in [1.807, 2.05) is 0 Å². The van der Waals surface area contributed by atoms with Gasteiger partial charge in [0.2, 0.25) is 0 Å². The van der Waals surface area contributed by atoms with Gasteiger partial charge in [0.05, 0.1) is 7.11 Å². The largest absolute Gasteiger partial charge is 0.490 e. The minimum atomic E-state index is -5.08. The molecule has 0 fully saturated rings. The van der Waals surface area contributed by atoms with Gasteiger partial charge in [0.15, 0.2) is 5.82 Å². The average Bonchev–Trinajstić information content (AvgIpc) is 2.85. The molecule has 1 aromatic heterocycles. The Bertz CT molecular complexity index is 561. The normalized spacial score (nSPS) is 11.7. The molecule has 23 heavy (non-hydrogen) atoms. The van der Waals surface area contributed by atoms with Crippen LogP contribution in [0.2, 0.25) is 0 Å². The molecular formula is C10H10ClF4N3O5. The molecule has 0 aliphatic rings. The Kier molecular flexibility index (Phi) is 8.00. The fraction of sp³-hybridized carbons (Fsp3) is 0.400. The highest BCUT2D eigenvalue weighted by Gasteiger charge is 2.38. The van der Waals surface area contributed by atoms with Crippen LogP contribution in [0.3, 0.4) is 0 Å². The van der Waals surface area contributed by atoms with Crippen LogP contribution in [-0.2, 0) is 25.7 Å². The van der Waals surface area contributed by atoms with Crippen LogP contribution in [0.1, 0.15) is 0 Å². The van der Waals surface area contributed by atoms with Crippen LogP contribution in [0.4, 0.5) is 23.4 Å². The lowest BCUT2D eigenvalue weighted by molar-refractivity contribution is -0.192. The number of rotatable bonds is 4. The van der Waals surface area contributed by atoms with E-state index in [9.17, 15) is 27.2 Å². The van der Waals surface area contributed by atoms with Crippen molar-refractivity contribution in [2.24, 2.45) is 0 Å². The van der Waals surface area contributed by atoms with Crippen molar-refractivity contribution >= 4 is 35.3 Å². The zero-order valence-electron chi connectivity index (χ0n) is 11.3. The number of esters is 1. The second-order valence-electron chi connectivity index (χ2n) is 3.57. The maximum Gasteiger partial charge on any atom is 0.490 e. The Morgan fingerprint density at radius 3 is 2.39 bits per heavy atom. The number of hydrogen-bond acceptors (Lipinski definition) is 5. The number of aliphatic carboxylic acids is 1. The molecule has 0 saturated carbocycles. The van der Waals surface area contributed by atoms with E-state index in [2.05, 4.69) is 15.2 Å². The monoisotopic (exact) mass is 363 g/mol. The Balaban J connectivity index is 0.000000585. The average molecular weight is 364 g/mol. The van der Waals surface area contributed by atoms with Gasteiger partial charge >= 0.3 is 18.1 Å². The Labute approximate surface area is 131 Å². The zero-order chi connectivity index (χ0) is 18.2. The summed E-state index contributed by atoms with van der Waals surface area (Å²) in [7, 11) is 1.25. The molecule has 0 aromatic carbocycles. The summed E-state index contributed by atoms with van der Waals surface area (Å²) in [6.45, 7) is -0.0910. The summed E-state index contributed by atoms with van der Waals surface area (Å²) >= 11 is 4.90. The fourth-order valence-corrected chi connectivity index (χ4v) is 0.949. The van der Waals surface area contributed by atoms with Crippen molar-refractivity contribution in [3.8, 4) is 0 Å². The van der Waals surface area contributed by atoms with E-state index in [0.717, 1.165) is 0 Å². The number of carboxylic acids is 1. The summed E-state index contributed by atoms with van der Waals surface area (Å²) in [6, 6.07) is 1.40. The smallest absolute Gasteiger partial charge is 0.475 e. The number of anilines is 1. The van der Waals surface area contributed by atoms with E-state index >= 15 is 0 Å². The van der Waals surface area contributed by atoms with E-state index in [1.54, 1.807) is 0 Å². The number of aromatic nitrogens is 2. The van der Waals surface area contributed by atoms with Crippen molar-refractivity contribution < 1.29 is 41.8 Å². The summed E-state index contributed by atoms with van der Waals surface area (Å²) in [4.78, 5) is 30.6. The van der Waals surface area contributed by atoms with E-state index in [4.69, 9.17) is 21.5 Å². The number of ether oxygens (including phenoxy) is 1. The van der Waals surface area contributed by atoms with Crippen molar-refractivity contribution in [1.29, 1.82) is 0 Å². The van der Waals surface area contributed by atoms with Gasteiger partial charge < -0.3 is 15.2 Å². The fourth-order valence-electron chi connectivity index (χ4n) is 0.894. The summed E-state index contributed by atoms with van der Waals surface area (Å²) in [5, 5.41) is 13.0. The molecule has 1 aromatic rings. The molecule has 1 amide bonds. The highest BCUT2D eigenvalue weighted by Crippen LogP contribution is 2.13. The topological polar surface area (TPSA) is 111 Å². The van der Waals surface area contributed by atoms with Gasteiger partial charge in [-0.05, 0) is 0 Å². The third-order valence-electron chi connectivity index (χ3n) is 1.85. The highest BCUT2D eigenvalue weighted by molar-refractivity contribution is 6.31. The van der Waals surface area contributed by atoms with Gasteiger partial charge in [-0.25, -0.2) is 9.18 Å². The predicted octanol–water partition coefficient (Wildman–Crippen LogP) is 1.16. The van der Waals surface area contributed by atoms with Crippen molar-refractivity contribution in [3.63, 3.8) is 0 Å². The van der Waals surface area contributed by atoms with Gasteiger partial charge in [0.25, 0.3) is 11.5 Å². The van der Waals surface area contributed by atoms with Gasteiger partial charge in [-0.1, -0.05) is 11.6 Å². The quantitative estimate of drug-likeness (QED) is 0.472. The number of nitrogens with zero attached hydrogens (tertiary/aromatic N) is 2. The molecule has 1 rings (SSSR count). The van der Waals surface area contributed by atoms with Crippen LogP contribution < -0.4 is 5.32 Å². The van der Waals surface area contributed by atoms with Crippen molar-refractivity contribution in [2.45, 2.75) is 18.4 Å². The molecule has 130 valence electrons. The zero-order valence-corrected chi connectivity index (χ0v) is 12.1. The molecule has 0 saturated heterocycles. The number of nitrogens with one attached hydrogen (secondary N) is 1. The van der Waals surface area contributed by atoms with E-state index in [-0.39, 0.29) is 12.4 Å². The third-order valence-corrected chi connectivity index (χ3v) is 2.05. The number of hydrogen-bond donors (Lipinski definition) is 2. The molecule has 1 unspecified atom stereocenters. The Morgan fingerprint density at radius 1 is 1.48 bits per heavy atom. The van der Waals surface area contributed by atoms with E-state index in [0.29, 0.717) is 0 Å². The molecule has 1 atom stereocenters. The summed E-state index contributed by atoms with van der Waals surface area (Å²) in [5.74, 6) is -4.14. The van der Waals surface area contributed by atoms with Gasteiger partial charge in [0, 0.05) is 12.3 Å². The number of carbonyl (C=O) groups is 3. The second-order valence-corrected chi connectivity index (χ2v) is 3.95. The number of halogens is 5. The van der Waals surface area contributed by atoms with Crippen molar-refractivity contribution in [1.82, 2.24) is 9.78 Å². The Morgan fingerprint density at radius 2 is 2.00 bits per heavy atom. The van der Waals surface area contributed by atoms with Crippen LogP contribution in [0.15, 0.2) is 12.3 Å². The first kappa shape index (κ1) is 20.6. The van der Waals surface area contributed by atoms with Crippen LogP contribution >= 0.6 is 11.6 Å². The van der Waals surface area contributed by atoms with Gasteiger partial charge in [-0.15, -0.1) is 0 Å². The summed E-state index contributed by atoms with van der Waals surface area (Å²) < 4.78 is 49.7.